The lowest BCUT2D eigenvalue weighted by Crippen LogP contribution is -2.20. The molecule has 0 amide bonds. The zero-order chi connectivity index (χ0) is 18.5. The smallest absolute Gasteiger partial charge is 0.137 e. The number of hydrogen-bond acceptors (Lipinski definition) is 2. The van der Waals surface area contributed by atoms with Crippen molar-refractivity contribution in [1.29, 1.82) is 0 Å². The van der Waals surface area contributed by atoms with Crippen molar-refractivity contribution in [3.8, 4) is 0 Å². The van der Waals surface area contributed by atoms with Gasteiger partial charge in [0.05, 0.1) is 0 Å². The molecule has 0 fully saturated rings. The molecule has 0 bridgehead atoms. The molecule has 0 saturated heterocycles. The minimum Gasteiger partial charge on any atom is -0.346 e. The van der Waals surface area contributed by atoms with Crippen molar-refractivity contribution >= 4 is 22.1 Å². The Balaban J connectivity index is 1.69. The molecule has 4 heteroatoms. The molecule has 2 N–H and O–H groups in total. The Morgan fingerprint density at radius 1 is 1.00 bits per heavy atom. The van der Waals surface area contributed by atoms with E-state index < -0.39 is 0 Å². The Morgan fingerprint density at radius 2 is 1.81 bits per heavy atom. The van der Waals surface area contributed by atoms with Crippen molar-refractivity contribution in [3.63, 3.8) is 0 Å². The maximum absolute atomic E-state index is 4.90. The molecule has 0 saturated carbocycles. The third kappa shape index (κ3) is 2.90. The van der Waals surface area contributed by atoms with Gasteiger partial charge in [-0.3, -0.25) is 0 Å². The number of aromatic nitrogens is 4. The van der Waals surface area contributed by atoms with Crippen molar-refractivity contribution in [3.05, 3.63) is 59.7 Å². The van der Waals surface area contributed by atoms with Crippen LogP contribution < -0.4 is 0 Å². The fraction of sp³-hybridized carbons (Fsp3) is 0.364. The molecule has 0 aromatic carbocycles. The molecular formula is C22H26N4. The van der Waals surface area contributed by atoms with E-state index >= 15 is 0 Å². The highest BCUT2D eigenvalue weighted by atomic mass is 14.9. The fourth-order valence-corrected chi connectivity index (χ4v) is 3.61. The average molecular weight is 346 g/mol. The molecule has 4 heterocycles. The number of H-pyrrole nitrogens is 2. The van der Waals surface area contributed by atoms with E-state index in [9.17, 15) is 0 Å². The fourth-order valence-electron chi connectivity index (χ4n) is 3.61. The molecular weight excluding hydrogens is 320 g/mol. The van der Waals surface area contributed by atoms with Crippen LogP contribution in [0, 0.1) is 0 Å². The molecule has 4 aromatic rings. The summed E-state index contributed by atoms with van der Waals surface area (Å²) in [6, 6.07) is 10.7. The monoisotopic (exact) mass is 346 g/mol. The van der Waals surface area contributed by atoms with E-state index in [1.165, 1.54) is 22.0 Å². The van der Waals surface area contributed by atoms with Gasteiger partial charge < -0.3 is 9.97 Å². The normalized spacial score (nSPS) is 13.0. The highest BCUT2D eigenvalue weighted by Crippen LogP contribution is 2.33. The lowest BCUT2D eigenvalue weighted by atomic mass is 9.80. The summed E-state index contributed by atoms with van der Waals surface area (Å²) in [5.74, 6) is 0. The Labute approximate surface area is 154 Å². The predicted molar refractivity (Wildman–Crippen MR) is 108 cm³/mol. The number of pyridine rings is 2. The zero-order valence-electron chi connectivity index (χ0n) is 16.1. The summed E-state index contributed by atoms with van der Waals surface area (Å²) in [4.78, 5) is 16.1. The van der Waals surface area contributed by atoms with E-state index in [1.807, 2.05) is 12.3 Å². The molecule has 4 nitrogen and oxygen atoms in total. The lowest BCUT2D eigenvalue weighted by Gasteiger charge is -2.24. The third-order valence-corrected chi connectivity index (χ3v) is 5.15. The number of aromatic amines is 2. The summed E-state index contributed by atoms with van der Waals surface area (Å²) < 4.78 is 0. The first-order chi connectivity index (χ1) is 12.2. The highest BCUT2D eigenvalue weighted by Gasteiger charge is 2.26. The highest BCUT2D eigenvalue weighted by molar-refractivity contribution is 5.81. The van der Waals surface area contributed by atoms with Crippen molar-refractivity contribution < 1.29 is 0 Å². The van der Waals surface area contributed by atoms with Crippen LogP contribution in [0.4, 0.5) is 0 Å². The number of rotatable bonds is 3. The Hall–Kier alpha value is -2.62. The van der Waals surface area contributed by atoms with Crippen LogP contribution in [-0.2, 0) is 17.3 Å². The Morgan fingerprint density at radius 3 is 2.58 bits per heavy atom. The maximum Gasteiger partial charge on any atom is 0.137 e. The minimum atomic E-state index is -0.0403. The summed E-state index contributed by atoms with van der Waals surface area (Å²) in [6.45, 7) is 11.2. The predicted octanol–water partition coefficient (Wildman–Crippen LogP) is 5.26. The second-order valence-corrected chi connectivity index (χ2v) is 8.84. The van der Waals surface area contributed by atoms with E-state index in [0.29, 0.717) is 0 Å². The van der Waals surface area contributed by atoms with E-state index in [0.717, 1.165) is 23.4 Å². The van der Waals surface area contributed by atoms with Crippen LogP contribution in [0.2, 0.25) is 0 Å². The van der Waals surface area contributed by atoms with E-state index in [-0.39, 0.29) is 10.8 Å². The molecule has 0 atom stereocenters. The van der Waals surface area contributed by atoms with Gasteiger partial charge in [-0.2, -0.15) is 0 Å². The molecule has 0 radical (unpaired) electrons. The summed E-state index contributed by atoms with van der Waals surface area (Å²) in [6.07, 6.45) is 4.78. The Kier molecular flexibility index (Phi) is 3.69. The van der Waals surface area contributed by atoms with Gasteiger partial charge in [-0.05, 0) is 47.7 Å². The van der Waals surface area contributed by atoms with Crippen LogP contribution >= 0.6 is 0 Å². The van der Waals surface area contributed by atoms with Gasteiger partial charge in [0.25, 0.3) is 0 Å². The first-order valence-corrected chi connectivity index (χ1v) is 9.16. The van der Waals surface area contributed by atoms with Gasteiger partial charge in [-0.15, -0.1) is 0 Å². The van der Waals surface area contributed by atoms with Gasteiger partial charge >= 0.3 is 0 Å². The van der Waals surface area contributed by atoms with Crippen LogP contribution in [0.15, 0.2) is 42.7 Å². The number of hydrogen-bond donors (Lipinski definition) is 2. The number of nitrogens with one attached hydrogen (secondary N) is 2. The second kappa shape index (κ2) is 5.70. The number of nitrogens with zero attached hydrogens (tertiary/aromatic N) is 2. The maximum atomic E-state index is 4.90. The quantitative estimate of drug-likeness (QED) is 0.532. The van der Waals surface area contributed by atoms with Crippen LogP contribution in [0.1, 0.15) is 51.6 Å². The standard InChI is InChI=1S/C22H26N4/c1-21(2,3)18-11-14-8-9-15(25-19(14)26-18)12-22(4,5)17-13-24-20-16(17)7-6-10-23-20/h6-11,13H,12H2,1-5H3,(H,23,24)(H,25,26). The largest absolute Gasteiger partial charge is 0.346 e. The van der Waals surface area contributed by atoms with E-state index in [1.54, 1.807) is 0 Å². The topological polar surface area (TPSA) is 57.4 Å². The summed E-state index contributed by atoms with van der Waals surface area (Å²) >= 11 is 0. The summed E-state index contributed by atoms with van der Waals surface area (Å²) in [5.41, 5.74) is 5.58. The molecule has 0 aliphatic rings. The second-order valence-electron chi connectivity index (χ2n) is 8.84. The van der Waals surface area contributed by atoms with Crippen LogP contribution in [-0.4, -0.2) is 19.9 Å². The van der Waals surface area contributed by atoms with Crippen molar-refractivity contribution in [2.24, 2.45) is 0 Å². The number of fused-ring (bicyclic) bond motifs is 2. The summed E-state index contributed by atoms with van der Waals surface area (Å²) in [7, 11) is 0. The van der Waals surface area contributed by atoms with Crippen LogP contribution in [0.3, 0.4) is 0 Å². The molecule has 0 aliphatic carbocycles. The van der Waals surface area contributed by atoms with E-state index in [4.69, 9.17) is 4.98 Å². The Bertz CT molecular complexity index is 1080. The molecule has 0 spiro atoms. The first kappa shape index (κ1) is 16.8. The van der Waals surface area contributed by atoms with E-state index in [2.05, 4.69) is 80.0 Å². The van der Waals surface area contributed by atoms with Gasteiger partial charge in [-0.1, -0.05) is 34.6 Å². The van der Waals surface area contributed by atoms with Crippen molar-refractivity contribution in [2.45, 2.75) is 51.9 Å². The molecule has 4 rings (SSSR count). The van der Waals surface area contributed by atoms with Crippen LogP contribution in [0.5, 0.6) is 0 Å². The van der Waals surface area contributed by atoms with Gasteiger partial charge in [0, 0.05) is 40.0 Å². The molecule has 4 aromatic heterocycles. The van der Waals surface area contributed by atoms with Gasteiger partial charge in [0.2, 0.25) is 0 Å². The summed E-state index contributed by atoms with van der Waals surface area (Å²) in [5, 5.41) is 2.36. The molecule has 0 aliphatic heterocycles. The van der Waals surface area contributed by atoms with Crippen molar-refractivity contribution in [2.75, 3.05) is 0 Å². The average Bonchev–Trinajstić information content (AvgIpc) is 3.18. The van der Waals surface area contributed by atoms with Gasteiger partial charge in [0.15, 0.2) is 0 Å². The van der Waals surface area contributed by atoms with Gasteiger partial charge in [-0.25, -0.2) is 9.97 Å². The molecule has 134 valence electrons. The van der Waals surface area contributed by atoms with Crippen LogP contribution in [0.25, 0.3) is 22.1 Å². The molecule has 26 heavy (non-hydrogen) atoms. The minimum absolute atomic E-state index is 0.0403. The lowest BCUT2D eigenvalue weighted by molar-refractivity contribution is 0.520. The SMILES string of the molecule is CC(C)(C)c1cc2ccc(CC(C)(C)c3c[nH]c4ncccc34)nc2[nH]1. The molecule has 0 unspecified atom stereocenters. The zero-order valence-corrected chi connectivity index (χ0v) is 16.1. The van der Waals surface area contributed by atoms with Gasteiger partial charge in [0.1, 0.15) is 11.3 Å². The first-order valence-electron chi connectivity index (χ1n) is 9.16. The third-order valence-electron chi connectivity index (χ3n) is 5.15. The van der Waals surface area contributed by atoms with Crippen molar-refractivity contribution in [1.82, 2.24) is 19.9 Å².